The van der Waals surface area contributed by atoms with Crippen LogP contribution in [0.25, 0.3) is 6.08 Å². The zero-order valence-corrected chi connectivity index (χ0v) is 11.2. The maximum Gasteiger partial charge on any atom is 0.133 e. The largest absolute Gasteiger partial charge is 0.612 e. The van der Waals surface area contributed by atoms with Gasteiger partial charge in [-0.25, -0.2) is 0 Å². The summed E-state index contributed by atoms with van der Waals surface area (Å²) in [5.74, 6) is 1.87. The molecule has 1 rings (SSSR count). The van der Waals surface area contributed by atoms with E-state index in [1.54, 1.807) is 51.2 Å². The average molecular weight is 256 g/mol. The van der Waals surface area contributed by atoms with E-state index in [1.807, 2.05) is 0 Å². The first kappa shape index (κ1) is 13.7. The lowest BCUT2D eigenvalue weighted by molar-refractivity contribution is 0.374. The minimum absolute atomic E-state index is 0.614. The molecule has 1 aromatic rings. The summed E-state index contributed by atoms with van der Waals surface area (Å²) in [5.41, 5.74) is 0.742. The van der Waals surface area contributed by atoms with Gasteiger partial charge in [-0.05, 0) is 11.2 Å². The fraction of sp³-hybridized carbons (Fsp3) is 0.333. The quantitative estimate of drug-likeness (QED) is 0.757. The number of rotatable bonds is 5. The van der Waals surface area contributed by atoms with Crippen molar-refractivity contribution in [3.63, 3.8) is 0 Å². The van der Waals surface area contributed by atoms with Crippen molar-refractivity contribution in [2.24, 2.45) is 0 Å². The summed E-state index contributed by atoms with van der Waals surface area (Å²) in [6.45, 7) is 0. The third-order valence-corrected chi connectivity index (χ3v) is 2.70. The molecule has 0 amide bonds. The van der Waals surface area contributed by atoms with Crippen molar-refractivity contribution >= 4 is 17.3 Å². The molecule has 1 unspecified atom stereocenters. The Morgan fingerprint density at radius 2 is 1.59 bits per heavy atom. The van der Waals surface area contributed by atoms with Crippen molar-refractivity contribution in [2.75, 3.05) is 27.6 Å². The zero-order valence-electron chi connectivity index (χ0n) is 10.4. The summed E-state index contributed by atoms with van der Waals surface area (Å²) < 4.78 is 26.7. The second-order valence-corrected chi connectivity index (χ2v) is 4.52. The average Bonchev–Trinajstić information content (AvgIpc) is 2.34. The van der Waals surface area contributed by atoms with E-state index in [4.69, 9.17) is 14.2 Å². The van der Waals surface area contributed by atoms with E-state index in [0.29, 0.717) is 17.2 Å². The van der Waals surface area contributed by atoms with Crippen molar-refractivity contribution in [3.05, 3.63) is 23.1 Å². The topological polar surface area (TPSA) is 50.8 Å². The monoisotopic (exact) mass is 256 g/mol. The van der Waals surface area contributed by atoms with Gasteiger partial charge in [-0.3, -0.25) is 0 Å². The molecule has 17 heavy (non-hydrogen) atoms. The highest BCUT2D eigenvalue weighted by Crippen LogP contribution is 2.35. The number of ether oxygens (including phenoxy) is 3. The molecule has 0 N–H and O–H groups in total. The number of hydrogen-bond acceptors (Lipinski definition) is 4. The van der Waals surface area contributed by atoms with E-state index in [0.717, 1.165) is 5.56 Å². The first-order chi connectivity index (χ1) is 8.12. The van der Waals surface area contributed by atoms with Crippen molar-refractivity contribution in [2.45, 2.75) is 0 Å². The third kappa shape index (κ3) is 3.57. The number of hydrogen-bond donors (Lipinski definition) is 0. The highest BCUT2D eigenvalue weighted by atomic mass is 32.2. The van der Waals surface area contributed by atoms with Gasteiger partial charge in [0.25, 0.3) is 0 Å². The van der Waals surface area contributed by atoms with Crippen LogP contribution in [0, 0.1) is 0 Å². The first-order valence-electron chi connectivity index (χ1n) is 4.92. The van der Waals surface area contributed by atoms with Gasteiger partial charge in [-0.15, -0.1) is 0 Å². The van der Waals surface area contributed by atoms with Gasteiger partial charge >= 0.3 is 0 Å². The minimum Gasteiger partial charge on any atom is -0.612 e. The maximum atomic E-state index is 11.1. The van der Waals surface area contributed by atoms with Gasteiger partial charge in [-0.2, -0.15) is 0 Å². The van der Waals surface area contributed by atoms with Gasteiger partial charge in [0.1, 0.15) is 22.7 Å². The SMILES string of the molecule is COc1cc(OC)c(C=C[S+](C)[O-])c(OC)c1. The second-order valence-electron chi connectivity index (χ2n) is 3.25. The third-order valence-electron chi connectivity index (χ3n) is 2.18. The van der Waals surface area contributed by atoms with Crippen LogP contribution in [0.2, 0.25) is 0 Å². The Hall–Kier alpha value is -1.33. The molecular formula is C12H16O4S. The summed E-state index contributed by atoms with van der Waals surface area (Å²) in [7, 11) is 4.70. The standard InChI is InChI=1S/C12H16O4S/c1-14-9-7-11(15-2)10(5-6-17(4)13)12(8-9)16-3/h5-8H,1-4H3. The van der Waals surface area contributed by atoms with Gasteiger partial charge in [-0.1, -0.05) is 0 Å². The molecule has 94 valence electrons. The Morgan fingerprint density at radius 3 is 1.94 bits per heavy atom. The molecule has 0 saturated heterocycles. The Labute approximate surface area is 104 Å². The van der Waals surface area contributed by atoms with Crippen LogP contribution in [-0.4, -0.2) is 32.1 Å². The Morgan fingerprint density at radius 1 is 1.06 bits per heavy atom. The van der Waals surface area contributed by atoms with Gasteiger partial charge in [0, 0.05) is 18.2 Å². The van der Waals surface area contributed by atoms with Gasteiger partial charge in [0.15, 0.2) is 0 Å². The predicted octanol–water partition coefficient (Wildman–Crippen LogP) is 2.06. The summed E-state index contributed by atoms with van der Waals surface area (Å²) in [6, 6.07) is 3.50. The molecule has 4 nitrogen and oxygen atoms in total. The fourth-order valence-corrected chi connectivity index (χ4v) is 1.69. The van der Waals surface area contributed by atoms with E-state index in [-0.39, 0.29) is 0 Å². The van der Waals surface area contributed by atoms with Crippen LogP contribution in [0.5, 0.6) is 17.2 Å². The van der Waals surface area contributed by atoms with Gasteiger partial charge in [0.05, 0.1) is 33.1 Å². The minimum atomic E-state index is -1.02. The molecule has 0 bridgehead atoms. The summed E-state index contributed by atoms with van der Waals surface area (Å²) >= 11 is -1.02. The number of methoxy groups -OCH3 is 3. The van der Waals surface area contributed by atoms with Crippen molar-refractivity contribution < 1.29 is 18.8 Å². The molecule has 0 aromatic heterocycles. The normalized spacial score (nSPS) is 12.5. The molecule has 1 aromatic carbocycles. The lowest BCUT2D eigenvalue weighted by Gasteiger charge is -2.12. The summed E-state index contributed by atoms with van der Waals surface area (Å²) in [6.07, 6.45) is 3.31. The maximum absolute atomic E-state index is 11.1. The zero-order chi connectivity index (χ0) is 12.8. The van der Waals surface area contributed by atoms with Gasteiger partial charge < -0.3 is 18.8 Å². The smallest absolute Gasteiger partial charge is 0.133 e. The van der Waals surface area contributed by atoms with Gasteiger partial charge in [0.2, 0.25) is 0 Å². The summed E-state index contributed by atoms with van der Waals surface area (Å²) in [5, 5.41) is 1.58. The second kappa shape index (κ2) is 6.42. The van der Waals surface area contributed by atoms with Crippen LogP contribution in [0.15, 0.2) is 17.5 Å². The van der Waals surface area contributed by atoms with Crippen LogP contribution < -0.4 is 14.2 Å². The number of benzene rings is 1. The molecule has 0 aliphatic rings. The molecule has 0 saturated carbocycles. The van der Waals surface area contributed by atoms with E-state index < -0.39 is 11.2 Å². The molecule has 0 heterocycles. The van der Waals surface area contributed by atoms with Crippen LogP contribution in [0.1, 0.15) is 5.56 Å². The Bertz CT molecular complexity index is 376. The molecule has 5 heteroatoms. The molecule has 0 spiro atoms. The van der Waals surface area contributed by atoms with Crippen LogP contribution in [-0.2, 0) is 11.2 Å². The highest BCUT2D eigenvalue weighted by Gasteiger charge is 2.11. The predicted molar refractivity (Wildman–Crippen MR) is 69.2 cm³/mol. The van der Waals surface area contributed by atoms with E-state index in [9.17, 15) is 4.55 Å². The van der Waals surface area contributed by atoms with Crippen molar-refractivity contribution in [1.82, 2.24) is 0 Å². The highest BCUT2D eigenvalue weighted by molar-refractivity contribution is 7.93. The van der Waals surface area contributed by atoms with Crippen molar-refractivity contribution in [3.8, 4) is 17.2 Å². The van der Waals surface area contributed by atoms with Crippen LogP contribution in [0.4, 0.5) is 0 Å². The van der Waals surface area contributed by atoms with E-state index in [2.05, 4.69) is 0 Å². The summed E-state index contributed by atoms with van der Waals surface area (Å²) in [4.78, 5) is 0. The molecule has 1 atom stereocenters. The molecule has 0 radical (unpaired) electrons. The lowest BCUT2D eigenvalue weighted by atomic mass is 10.1. The lowest BCUT2D eigenvalue weighted by Crippen LogP contribution is -1.95. The molecule has 0 aliphatic heterocycles. The van der Waals surface area contributed by atoms with E-state index >= 15 is 0 Å². The molecular weight excluding hydrogens is 240 g/mol. The van der Waals surface area contributed by atoms with Crippen LogP contribution in [0.3, 0.4) is 0 Å². The Balaban J connectivity index is 3.24. The van der Waals surface area contributed by atoms with Crippen molar-refractivity contribution in [1.29, 1.82) is 0 Å². The van der Waals surface area contributed by atoms with Crippen LogP contribution >= 0.6 is 0 Å². The Kier molecular flexibility index (Phi) is 5.18. The fourth-order valence-electron chi connectivity index (χ4n) is 1.36. The van der Waals surface area contributed by atoms with E-state index in [1.165, 1.54) is 0 Å². The first-order valence-corrected chi connectivity index (χ1v) is 6.55. The molecule has 0 aliphatic carbocycles. The molecule has 0 fully saturated rings.